The molecular formula is C15H26N2O2. The van der Waals surface area contributed by atoms with Crippen LogP contribution in [0.4, 0.5) is 0 Å². The second-order valence-electron chi connectivity index (χ2n) is 5.95. The summed E-state index contributed by atoms with van der Waals surface area (Å²) in [7, 11) is 1.74. The molecule has 0 bridgehead atoms. The van der Waals surface area contributed by atoms with Gasteiger partial charge in [-0.1, -0.05) is 12.5 Å². The van der Waals surface area contributed by atoms with Crippen molar-refractivity contribution < 1.29 is 9.53 Å². The monoisotopic (exact) mass is 266 g/mol. The molecule has 0 unspecified atom stereocenters. The highest BCUT2D eigenvalue weighted by Crippen LogP contribution is 2.40. The van der Waals surface area contributed by atoms with Gasteiger partial charge in [0.2, 0.25) is 5.91 Å². The largest absolute Gasteiger partial charge is 0.384 e. The van der Waals surface area contributed by atoms with Gasteiger partial charge >= 0.3 is 0 Å². The van der Waals surface area contributed by atoms with Crippen molar-refractivity contribution in [3.63, 3.8) is 0 Å². The molecular weight excluding hydrogens is 240 g/mol. The lowest BCUT2D eigenvalue weighted by atomic mass is 9.69. The van der Waals surface area contributed by atoms with Gasteiger partial charge in [-0.2, -0.15) is 0 Å². The number of methoxy groups -OCH3 is 1. The Kier molecular flexibility index (Phi) is 4.99. The molecule has 108 valence electrons. The smallest absolute Gasteiger partial charge is 0.237 e. The summed E-state index contributed by atoms with van der Waals surface area (Å²) < 4.78 is 5.29. The van der Waals surface area contributed by atoms with Crippen LogP contribution in [0.25, 0.3) is 0 Å². The van der Waals surface area contributed by atoms with Crippen LogP contribution in [0.1, 0.15) is 32.1 Å². The lowest BCUT2D eigenvalue weighted by Gasteiger charge is -2.41. The molecule has 1 saturated carbocycles. The topological polar surface area (TPSA) is 41.6 Å². The highest BCUT2D eigenvalue weighted by atomic mass is 16.5. The van der Waals surface area contributed by atoms with Gasteiger partial charge in [0, 0.05) is 25.6 Å². The number of ether oxygens (including phenoxy) is 1. The fraction of sp³-hybridized carbons (Fsp3) is 0.800. The van der Waals surface area contributed by atoms with Crippen LogP contribution in [0, 0.1) is 5.41 Å². The summed E-state index contributed by atoms with van der Waals surface area (Å²) in [5.74, 6) is 0.182. The standard InChI is InChI=1S/C15H26N2O2/c1-3-9-17-10-4-6-13(17)14(18)16-11-15(12-19-2)7-5-8-15/h3,13H,1,4-12H2,2H3,(H,16,18)/t13-/m0/s1. The van der Waals surface area contributed by atoms with E-state index in [0.717, 1.165) is 39.1 Å². The number of carbonyl (C=O) groups excluding carboxylic acids is 1. The number of carbonyl (C=O) groups is 1. The zero-order chi connectivity index (χ0) is 13.7. The summed E-state index contributed by atoms with van der Waals surface area (Å²) in [5.41, 5.74) is 0.201. The Balaban J connectivity index is 1.81. The summed E-state index contributed by atoms with van der Waals surface area (Å²) in [6.45, 7) is 7.09. The van der Waals surface area contributed by atoms with Crippen molar-refractivity contribution in [2.24, 2.45) is 5.41 Å². The third-order valence-corrected chi connectivity index (χ3v) is 4.53. The van der Waals surface area contributed by atoms with Gasteiger partial charge in [-0.05, 0) is 32.2 Å². The maximum atomic E-state index is 12.3. The molecule has 0 spiro atoms. The maximum absolute atomic E-state index is 12.3. The minimum Gasteiger partial charge on any atom is -0.384 e. The van der Waals surface area contributed by atoms with Crippen molar-refractivity contribution in [1.82, 2.24) is 10.2 Å². The van der Waals surface area contributed by atoms with Crippen LogP contribution < -0.4 is 5.32 Å². The Morgan fingerprint density at radius 1 is 1.53 bits per heavy atom. The van der Waals surface area contributed by atoms with E-state index >= 15 is 0 Å². The van der Waals surface area contributed by atoms with Gasteiger partial charge < -0.3 is 10.1 Å². The van der Waals surface area contributed by atoms with E-state index in [9.17, 15) is 4.79 Å². The molecule has 1 N–H and O–H groups in total. The molecule has 1 amide bonds. The summed E-state index contributed by atoms with van der Waals surface area (Å²) in [5, 5.41) is 3.15. The van der Waals surface area contributed by atoms with E-state index in [1.165, 1.54) is 19.3 Å². The van der Waals surface area contributed by atoms with E-state index in [2.05, 4.69) is 16.8 Å². The molecule has 1 heterocycles. The third-order valence-electron chi connectivity index (χ3n) is 4.53. The lowest BCUT2D eigenvalue weighted by molar-refractivity contribution is -0.126. The third kappa shape index (κ3) is 3.37. The maximum Gasteiger partial charge on any atom is 0.237 e. The van der Waals surface area contributed by atoms with Crippen LogP contribution in [0.5, 0.6) is 0 Å². The van der Waals surface area contributed by atoms with Gasteiger partial charge in [0.15, 0.2) is 0 Å². The van der Waals surface area contributed by atoms with Gasteiger partial charge in [-0.3, -0.25) is 9.69 Å². The number of hydrogen-bond acceptors (Lipinski definition) is 3. The number of nitrogens with zero attached hydrogens (tertiary/aromatic N) is 1. The van der Waals surface area contributed by atoms with E-state index in [1.54, 1.807) is 7.11 Å². The zero-order valence-corrected chi connectivity index (χ0v) is 12.0. The number of rotatable bonds is 7. The zero-order valence-electron chi connectivity index (χ0n) is 12.0. The predicted octanol–water partition coefficient (Wildman–Crippen LogP) is 1.57. The summed E-state index contributed by atoms with van der Waals surface area (Å²) in [6.07, 6.45) is 7.55. The normalized spacial score (nSPS) is 25.8. The van der Waals surface area contributed by atoms with E-state index in [1.807, 2.05) is 6.08 Å². The second kappa shape index (κ2) is 6.53. The molecule has 0 aromatic rings. The van der Waals surface area contributed by atoms with Gasteiger partial charge in [0.05, 0.1) is 12.6 Å². The fourth-order valence-electron chi connectivity index (χ4n) is 3.25. The lowest BCUT2D eigenvalue weighted by Crippen LogP contribution is -2.50. The van der Waals surface area contributed by atoms with Crippen molar-refractivity contribution in [1.29, 1.82) is 0 Å². The average Bonchev–Trinajstić information content (AvgIpc) is 2.81. The van der Waals surface area contributed by atoms with Crippen molar-refractivity contribution in [3.8, 4) is 0 Å². The summed E-state index contributed by atoms with van der Waals surface area (Å²) in [4.78, 5) is 14.5. The summed E-state index contributed by atoms with van der Waals surface area (Å²) in [6, 6.07) is 0.0395. The van der Waals surface area contributed by atoms with Gasteiger partial charge in [0.25, 0.3) is 0 Å². The average molecular weight is 266 g/mol. The van der Waals surface area contributed by atoms with E-state index in [-0.39, 0.29) is 17.4 Å². The summed E-state index contributed by atoms with van der Waals surface area (Å²) >= 11 is 0. The number of hydrogen-bond donors (Lipinski definition) is 1. The first-order valence-electron chi connectivity index (χ1n) is 7.32. The number of amides is 1. The van der Waals surface area contributed by atoms with E-state index in [4.69, 9.17) is 4.74 Å². The molecule has 1 saturated heterocycles. The minimum absolute atomic E-state index is 0.0395. The van der Waals surface area contributed by atoms with Gasteiger partial charge in [0.1, 0.15) is 0 Å². The predicted molar refractivity (Wildman–Crippen MR) is 76.0 cm³/mol. The number of nitrogens with one attached hydrogen (secondary N) is 1. The Morgan fingerprint density at radius 2 is 2.32 bits per heavy atom. The molecule has 2 fully saturated rings. The van der Waals surface area contributed by atoms with Gasteiger partial charge in [-0.15, -0.1) is 6.58 Å². The molecule has 2 rings (SSSR count). The Bertz CT molecular complexity index is 326. The minimum atomic E-state index is 0.0395. The second-order valence-corrected chi connectivity index (χ2v) is 5.95. The van der Waals surface area contributed by atoms with Crippen LogP contribution in [0.3, 0.4) is 0 Å². The van der Waals surface area contributed by atoms with Crippen molar-refractivity contribution in [2.75, 3.05) is 33.4 Å². The van der Waals surface area contributed by atoms with Crippen LogP contribution in [-0.4, -0.2) is 50.2 Å². The molecule has 1 atom stereocenters. The first-order chi connectivity index (χ1) is 9.21. The highest BCUT2D eigenvalue weighted by Gasteiger charge is 2.38. The van der Waals surface area contributed by atoms with Crippen LogP contribution in [0.15, 0.2) is 12.7 Å². The molecule has 0 aromatic carbocycles. The SMILES string of the molecule is C=CCN1CCC[C@H]1C(=O)NCC1(COC)CCC1. The van der Waals surface area contributed by atoms with E-state index in [0.29, 0.717) is 0 Å². The highest BCUT2D eigenvalue weighted by molar-refractivity contribution is 5.82. The van der Waals surface area contributed by atoms with Crippen LogP contribution in [-0.2, 0) is 9.53 Å². The molecule has 4 heteroatoms. The Labute approximate surface area is 116 Å². The Hall–Kier alpha value is -0.870. The molecule has 19 heavy (non-hydrogen) atoms. The van der Waals surface area contributed by atoms with Crippen molar-refractivity contribution in [2.45, 2.75) is 38.1 Å². The van der Waals surface area contributed by atoms with Crippen molar-refractivity contribution in [3.05, 3.63) is 12.7 Å². The first-order valence-corrected chi connectivity index (χ1v) is 7.32. The number of likely N-dealkylation sites (tertiary alicyclic amines) is 1. The molecule has 0 aromatic heterocycles. The van der Waals surface area contributed by atoms with Crippen LogP contribution >= 0.6 is 0 Å². The molecule has 4 nitrogen and oxygen atoms in total. The van der Waals surface area contributed by atoms with Crippen LogP contribution in [0.2, 0.25) is 0 Å². The molecule has 2 aliphatic rings. The molecule has 1 aliphatic carbocycles. The fourth-order valence-corrected chi connectivity index (χ4v) is 3.25. The quantitative estimate of drug-likeness (QED) is 0.711. The Morgan fingerprint density at radius 3 is 2.89 bits per heavy atom. The van der Waals surface area contributed by atoms with E-state index < -0.39 is 0 Å². The first kappa shape index (κ1) is 14.5. The van der Waals surface area contributed by atoms with Gasteiger partial charge in [-0.25, -0.2) is 0 Å². The van der Waals surface area contributed by atoms with Crippen molar-refractivity contribution >= 4 is 5.91 Å². The molecule has 1 aliphatic heterocycles. The molecule has 0 radical (unpaired) electrons.